The van der Waals surface area contributed by atoms with Gasteiger partial charge in [0.2, 0.25) is 0 Å². The third-order valence-corrected chi connectivity index (χ3v) is 2.36. The maximum Gasteiger partial charge on any atom is 0.169 e. The SMILES string of the molecule is O=Cc1ccc(Oc2cc(C=O)ccc2O)cc1. The standard InChI is InChI=1S/C14H10O4/c15-8-10-1-4-12(5-2-10)18-14-7-11(9-16)3-6-13(14)17/h1-9,17H. The third-order valence-electron chi connectivity index (χ3n) is 2.36. The van der Waals surface area contributed by atoms with Crippen LogP contribution in [-0.2, 0) is 0 Å². The summed E-state index contributed by atoms with van der Waals surface area (Å²) >= 11 is 0. The van der Waals surface area contributed by atoms with Gasteiger partial charge in [-0.15, -0.1) is 0 Å². The van der Waals surface area contributed by atoms with Gasteiger partial charge in [0.25, 0.3) is 0 Å². The fourth-order valence-electron chi connectivity index (χ4n) is 1.43. The summed E-state index contributed by atoms with van der Waals surface area (Å²) in [5.74, 6) is 0.609. The number of carbonyl (C=O) groups is 2. The lowest BCUT2D eigenvalue weighted by Gasteiger charge is -2.08. The van der Waals surface area contributed by atoms with Crippen molar-refractivity contribution >= 4 is 12.6 Å². The van der Waals surface area contributed by atoms with Gasteiger partial charge in [0.05, 0.1) is 0 Å². The van der Waals surface area contributed by atoms with E-state index >= 15 is 0 Å². The first kappa shape index (κ1) is 11.9. The number of ether oxygens (including phenoxy) is 1. The van der Waals surface area contributed by atoms with E-state index in [1.165, 1.54) is 18.2 Å². The van der Waals surface area contributed by atoms with Crippen LogP contribution in [0.5, 0.6) is 17.2 Å². The lowest BCUT2D eigenvalue weighted by atomic mass is 10.2. The van der Waals surface area contributed by atoms with Crippen molar-refractivity contribution in [2.45, 2.75) is 0 Å². The molecule has 0 aliphatic rings. The number of hydrogen-bond acceptors (Lipinski definition) is 4. The van der Waals surface area contributed by atoms with Crippen LogP contribution in [0.1, 0.15) is 20.7 Å². The van der Waals surface area contributed by atoms with E-state index in [-0.39, 0.29) is 11.5 Å². The van der Waals surface area contributed by atoms with Gasteiger partial charge < -0.3 is 9.84 Å². The summed E-state index contributed by atoms with van der Waals surface area (Å²) in [6, 6.07) is 10.7. The van der Waals surface area contributed by atoms with Crippen molar-refractivity contribution in [2.24, 2.45) is 0 Å². The van der Waals surface area contributed by atoms with Crippen molar-refractivity contribution in [1.82, 2.24) is 0 Å². The molecule has 0 heterocycles. The molecule has 0 aliphatic carbocycles. The van der Waals surface area contributed by atoms with Crippen LogP contribution < -0.4 is 4.74 Å². The Morgan fingerprint density at radius 2 is 1.50 bits per heavy atom. The van der Waals surface area contributed by atoms with Gasteiger partial charge in [-0.05, 0) is 42.5 Å². The van der Waals surface area contributed by atoms with Gasteiger partial charge in [-0.2, -0.15) is 0 Å². The number of phenols is 1. The van der Waals surface area contributed by atoms with Crippen LogP contribution in [0.15, 0.2) is 42.5 Å². The Balaban J connectivity index is 2.26. The minimum atomic E-state index is -0.0555. The Kier molecular flexibility index (Phi) is 3.38. The van der Waals surface area contributed by atoms with Crippen LogP contribution in [0.25, 0.3) is 0 Å². The van der Waals surface area contributed by atoms with E-state index < -0.39 is 0 Å². The number of aldehydes is 2. The molecule has 0 aromatic heterocycles. The lowest BCUT2D eigenvalue weighted by molar-refractivity contribution is 0.111. The summed E-state index contributed by atoms with van der Waals surface area (Å²) < 4.78 is 5.43. The molecule has 0 unspecified atom stereocenters. The molecule has 0 atom stereocenters. The normalized spacial score (nSPS) is 9.78. The summed E-state index contributed by atoms with van der Waals surface area (Å²) in [7, 11) is 0. The Bertz CT molecular complexity index is 573. The monoisotopic (exact) mass is 242 g/mol. The first-order valence-electron chi connectivity index (χ1n) is 5.24. The van der Waals surface area contributed by atoms with Crippen LogP contribution in [0.2, 0.25) is 0 Å². The Morgan fingerprint density at radius 3 is 2.11 bits per heavy atom. The highest BCUT2D eigenvalue weighted by Gasteiger charge is 2.05. The third kappa shape index (κ3) is 2.55. The molecule has 2 aromatic rings. The number of hydrogen-bond donors (Lipinski definition) is 1. The maximum atomic E-state index is 10.6. The molecule has 0 fully saturated rings. The molecule has 1 N–H and O–H groups in total. The molecule has 4 nitrogen and oxygen atoms in total. The van der Waals surface area contributed by atoms with Gasteiger partial charge in [-0.3, -0.25) is 9.59 Å². The van der Waals surface area contributed by atoms with Crippen molar-refractivity contribution in [3.05, 3.63) is 53.6 Å². The zero-order valence-electron chi connectivity index (χ0n) is 9.37. The predicted molar refractivity (Wildman–Crippen MR) is 65.4 cm³/mol. The van der Waals surface area contributed by atoms with Gasteiger partial charge in [-0.1, -0.05) is 0 Å². The molecule has 0 bridgehead atoms. The lowest BCUT2D eigenvalue weighted by Crippen LogP contribution is -1.88. The molecule has 0 spiro atoms. The molecule has 0 saturated carbocycles. The summed E-state index contributed by atoms with van der Waals surface area (Å²) in [6.07, 6.45) is 1.40. The molecule has 0 aliphatic heterocycles. The molecule has 2 aromatic carbocycles. The number of rotatable bonds is 4. The van der Waals surface area contributed by atoms with Crippen molar-refractivity contribution in [1.29, 1.82) is 0 Å². The van der Waals surface area contributed by atoms with Gasteiger partial charge in [0, 0.05) is 11.1 Å². The van der Waals surface area contributed by atoms with Gasteiger partial charge in [-0.25, -0.2) is 0 Å². The molecule has 90 valence electrons. The van der Waals surface area contributed by atoms with E-state index in [2.05, 4.69) is 0 Å². The second kappa shape index (κ2) is 5.14. The number of carbonyl (C=O) groups excluding carboxylic acids is 2. The van der Waals surface area contributed by atoms with E-state index in [1.807, 2.05) is 0 Å². The van der Waals surface area contributed by atoms with Crippen molar-refractivity contribution in [2.75, 3.05) is 0 Å². The molecular weight excluding hydrogens is 232 g/mol. The zero-order valence-corrected chi connectivity index (χ0v) is 9.37. The Hall–Kier alpha value is -2.62. The molecule has 4 heteroatoms. The second-order valence-electron chi connectivity index (χ2n) is 3.63. The van der Waals surface area contributed by atoms with Crippen LogP contribution >= 0.6 is 0 Å². The van der Waals surface area contributed by atoms with E-state index in [0.717, 1.165) is 6.29 Å². The van der Waals surface area contributed by atoms with Crippen LogP contribution in [-0.4, -0.2) is 17.7 Å². The molecule has 0 saturated heterocycles. The van der Waals surface area contributed by atoms with Crippen molar-refractivity contribution in [3.63, 3.8) is 0 Å². The highest BCUT2D eigenvalue weighted by molar-refractivity contribution is 5.76. The summed E-state index contributed by atoms with van der Waals surface area (Å²) in [4.78, 5) is 21.1. The largest absolute Gasteiger partial charge is 0.504 e. The molecule has 2 rings (SSSR count). The number of phenolic OH excluding ortho intramolecular Hbond substituents is 1. The second-order valence-corrected chi connectivity index (χ2v) is 3.63. The maximum absolute atomic E-state index is 10.6. The zero-order chi connectivity index (χ0) is 13.0. The Labute approximate surface area is 103 Å². The molecule has 0 amide bonds. The smallest absolute Gasteiger partial charge is 0.169 e. The summed E-state index contributed by atoms with van der Waals surface area (Å²) in [5.41, 5.74) is 0.945. The number of benzene rings is 2. The Morgan fingerprint density at radius 1 is 0.889 bits per heavy atom. The highest BCUT2D eigenvalue weighted by Crippen LogP contribution is 2.31. The van der Waals surface area contributed by atoms with E-state index in [1.54, 1.807) is 24.3 Å². The van der Waals surface area contributed by atoms with Crippen molar-refractivity contribution < 1.29 is 19.4 Å². The van der Waals surface area contributed by atoms with Gasteiger partial charge in [0.15, 0.2) is 11.5 Å². The fourth-order valence-corrected chi connectivity index (χ4v) is 1.43. The van der Waals surface area contributed by atoms with E-state index in [0.29, 0.717) is 23.2 Å². The fraction of sp³-hybridized carbons (Fsp3) is 0. The van der Waals surface area contributed by atoms with Gasteiger partial charge in [0.1, 0.15) is 18.3 Å². The van der Waals surface area contributed by atoms with Crippen LogP contribution in [0.4, 0.5) is 0 Å². The first-order valence-corrected chi connectivity index (χ1v) is 5.24. The van der Waals surface area contributed by atoms with Gasteiger partial charge >= 0.3 is 0 Å². The van der Waals surface area contributed by atoms with E-state index in [9.17, 15) is 14.7 Å². The molecular formula is C14H10O4. The predicted octanol–water partition coefficient (Wildman–Crippen LogP) is 2.81. The highest BCUT2D eigenvalue weighted by atomic mass is 16.5. The summed E-state index contributed by atoms with van der Waals surface area (Å²) in [6.45, 7) is 0. The minimum Gasteiger partial charge on any atom is -0.504 e. The number of aromatic hydroxyl groups is 1. The average Bonchev–Trinajstić information content (AvgIpc) is 2.42. The van der Waals surface area contributed by atoms with Crippen LogP contribution in [0, 0.1) is 0 Å². The topological polar surface area (TPSA) is 63.6 Å². The average molecular weight is 242 g/mol. The van der Waals surface area contributed by atoms with Crippen molar-refractivity contribution in [3.8, 4) is 17.2 Å². The summed E-state index contributed by atoms with van der Waals surface area (Å²) in [5, 5.41) is 9.60. The first-order chi connectivity index (χ1) is 8.72. The van der Waals surface area contributed by atoms with Crippen LogP contribution in [0.3, 0.4) is 0 Å². The van der Waals surface area contributed by atoms with E-state index in [4.69, 9.17) is 4.74 Å². The quantitative estimate of drug-likeness (QED) is 0.837. The molecule has 18 heavy (non-hydrogen) atoms. The minimum absolute atomic E-state index is 0.0555. The molecule has 0 radical (unpaired) electrons.